The summed E-state index contributed by atoms with van der Waals surface area (Å²) in [5.74, 6) is -11.8. The molecule has 1 unspecified atom stereocenters. The molecule has 0 spiro atoms. The number of aliphatic hydroxyl groups is 1. The topological polar surface area (TPSA) is 72.6 Å². The minimum Gasteiger partial charge on any atom is -0.411 e. The fourth-order valence-corrected chi connectivity index (χ4v) is 0.370. The number of ether oxygens (including phenoxy) is 1. The molecule has 0 rings (SSSR count). The molecule has 0 saturated carbocycles. The summed E-state index contributed by atoms with van der Waals surface area (Å²) < 4.78 is 62.4. The molecule has 88 valence electrons. The SMILES string of the molecule is C=CC(N)(O)OC(=O)C(F)(F)C(F)(F)F. The molecule has 0 aliphatic heterocycles. The summed E-state index contributed by atoms with van der Waals surface area (Å²) in [6.07, 6.45) is -5.85. The van der Waals surface area contributed by atoms with Crippen LogP contribution in [0.5, 0.6) is 0 Å². The monoisotopic (exact) mass is 235 g/mol. The first-order valence-corrected chi connectivity index (χ1v) is 3.27. The fraction of sp³-hybridized carbons (Fsp3) is 0.500. The smallest absolute Gasteiger partial charge is 0.411 e. The zero-order chi connectivity index (χ0) is 12.5. The summed E-state index contributed by atoms with van der Waals surface area (Å²) >= 11 is 0. The molecule has 0 fully saturated rings. The number of hydrogen-bond acceptors (Lipinski definition) is 4. The third-order valence-electron chi connectivity index (χ3n) is 1.16. The zero-order valence-electron chi connectivity index (χ0n) is 7.02. The second-order valence-corrected chi connectivity index (χ2v) is 2.42. The van der Waals surface area contributed by atoms with Crippen molar-refractivity contribution in [1.82, 2.24) is 0 Å². The van der Waals surface area contributed by atoms with Crippen LogP contribution in [0.25, 0.3) is 0 Å². The van der Waals surface area contributed by atoms with Crippen molar-refractivity contribution in [2.24, 2.45) is 5.73 Å². The molecule has 0 heterocycles. The third-order valence-corrected chi connectivity index (χ3v) is 1.16. The summed E-state index contributed by atoms with van der Waals surface area (Å²) in [7, 11) is 0. The summed E-state index contributed by atoms with van der Waals surface area (Å²) in [5.41, 5.74) is 4.55. The standard InChI is InChI=1S/C6H6F5NO3/c1-2-4(12,14)15-3(13)5(7,8)6(9,10)11/h2,14H,1,12H2. The van der Waals surface area contributed by atoms with Gasteiger partial charge < -0.3 is 9.84 Å². The Labute approximate surface area is 80.1 Å². The van der Waals surface area contributed by atoms with Gasteiger partial charge in [0.1, 0.15) is 0 Å². The number of carbonyl (C=O) groups excluding carboxylic acids is 1. The molecule has 0 aliphatic rings. The first-order valence-electron chi connectivity index (χ1n) is 3.27. The molecule has 0 saturated heterocycles. The number of nitrogens with two attached hydrogens (primary N) is 1. The predicted octanol–water partition coefficient (Wildman–Crippen LogP) is 0.518. The molecule has 4 nitrogen and oxygen atoms in total. The molecule has 3 N–H and O–H groups in total. The van der Waals surface area contributed by atoms with Crippen LogP contribution in [-0.2, 0) is 9.53 Å². The van der Waals surface area contributed by atoms with Gasteiger partial charge in [-0.05, 0) is 6.08 Å². The third kappa shape index (κ3) is 3.13. The van der Waals surface area contributed by atoms with E-state index in [0.717, 1.165) is 0 Å². The second-order valence-electron chi connectivity index (χ2n) is 2.42. The van der Waals surface area contributed by atoms with Gasteiger partial charge in [-0.15, -0.1) is 0 Å². The zero-order valence-corrected chi connectivity index (χ0v) is 7.02. The van der Waals surface area contributed by atoms with Crippen LogP contribution in [0.1, 0.15) is 0 Å². The van der Waals surface area contributed by atoms with Crippen molar-refractivity contribution < 1.29 is 36.6 Å². The van der Waals surface area contributed by atoms with Gasteiger partial charge in [0.25, 0.3) is 5.91 Å². The van der Waals surface area contributed by atoms with E-state index in [2.05, 4.69) is 17.0 Å². The highest BCUT2D eigenvalue weighted by atomic mass is 19.4. The maximum atomic E-state index is 12.2. The molecular weight excluding hydrogens is 229 g/mol. The Morgan fingerprint density at radius 2 is 1.73 bits per heavy atom. The Kier molecular flexibility index (Phi) is 3.43. The van der Waals surface area contributed by atoms with E-state index in [-0.39, 0.29) is 6.08 Å². The van der Waals surface area contributed by atoms with Crippen molar-refractivity contribution in [2.45, 2.75) is 18.0 Å². The average molecular weight is 235 g/mol. The number of carbonyl (C=O) groups is 1. The van der Waals surface area contributed by atoms with Gasteiger partial charge in [-0.1, -0.05) is 6.58 Å². The first-order chi connectivity index (χ1) is 6.44. The molecule has 0 bridgehead atoms. The van der Waals surface area contributed by atoms with Gasteiger partial charge >= 0.3 is 18.1 Å². The molecule has 0 aliphatic carbocycles. The molecule has 9 heteroatoms. The summed E-state index contributed by atoms with van der Waals surface area (Å²) in [5, 5.41) is 8.64. The number of hydrogen-bond donors (Lipinski definition) is 2. The lowest BCUT2D eigenvalue weighted by Gasteiger charge is -2.23. The minimum absolute atomic E-state index is 0.275. The lowest BCUT2D eigenvalue weighted by atomic mass is 10.3. The van der Waals surface area contributed by atoms with Crippen LogP contribution in [0.3, 0.4) is 0 Å². The van der Waals surface area contributed by atoms with E-state index in [1.165, 1.54) is 0 Å². The average Bonchev–Trinajstić information content (AvgIpc) is 2.01. The molecule has 0 amide bonds. The minimum atomic E-state index is -6.12. The van der Waals surface area contributed by atoms with Gasteiger partial charge in [-0.25, -0.2) is 4.79 Å². The number of esters is 1. The first kappa shape index (κ1) is 13.8. The second kappa shape index (κ2) is 3.74. The maximum absolute atomic E-state index is 12.2. The quantitative estimate of drug-likeness (QED) is 0.323. The maximum Gasteiger partial charge on any atom is 0.465 e. The van der Waals surface area contributed by atoms with E-state index in [0.29, 0.717) is 0 Å². The van der Waals surface area contributed by atoms with Crippen molar-refractivity contribution in [2.75, 3.05) is 0 Å². The number of rotatable bonds is 3. The summed E-state index contributed by atoms with van der Waals surface area (Å²) in [6, 6.07) is 0. The predicted molar refractivity (Wildman–Crippen MR) is 36.4 cm³/mol. The fourth-order valence-electron chi connectivity index (χ4n) is 0.370. The summed E-state index contributed by atoms with van der Waals surface area (Å²) in [4.78, 5) is 10.3. The van der Waals surface area contributed by atoms with E-state index in [4.69, 9.17) is 5.11 Å². The number of halogens is 5. The summed E-state index contributed by atoms with van der Waals surface area (Å²) in [6.45, 7) is 2.75. The van der Waals surface area contributed by atoms with Crippen molar-refractivity contribution in [3.05, 3.63) is 12.7 Å². The van der Waals surface area contributed by atoms with E-state index >= 15 is 0 Å². The van der Waals surface area contributed by atoms with Crippen molar-refractivity contribution in [1.29, 1.82) is 0 Å². The Bertz CT molecular complexity index is 272. The van der Waals surface area contributed by atoms with Gasteiger partial charge in [0.2, 0.25) is 0 Å². The van der Waals surface area contributed by atoms with Crippen molar-refractivity contribution in [3.63, 3.8) is 0 Å². The van der Waals surface area contributed by atoms with E-state index in [1.807, 2.05) is 0 Å². The van der Waals surface area contributed by atoms with Gasteiger partial charge in [-0.2, -0.15) is 22.0 Å². The van der Waals surface area contributed by atoms with Crippen molar-refractivity contribution >= 4 is 5.97 Å². The van der Waals surface area contributed by atoms with Crippen LogP contribution in [0.4, 0.5) is 22.0 Å². The highest BCUT2D eigenvalue weighted by molar-refractivity contribution is 5.79. The largest absolute Gasteiger partial charge is 0.465 e. The van der Waals surface area contributed by atoms with Crippen LogP contribution in [0, 0.1) is 0 Å². The van der Waals surface area contributed by atoms with Gasteiger partial charge in [-0.3, -0.25) is 5.73 Å². The molecule has 0 aromatic carbocycles. The van der Waals surface area contributed by atoms with Crippen molar-refractivity contribution in [3.8, 4) is 0 Å². The molecule has 1 atom stereocenters. The highest BCUT2D eigenvalue weighted by Crippen LogP contribution is 2.36. The van der Waals surface area contributed by atoms with Crippen LogP contribution in [0.15, 0.2) is 12.7 Å². The molecule has 0 aromatic rings. The molecule has 0 radical (unpaired) electrons. The van der Waals surface area contributed by atoms with E-state index < -0.39 is 24.0 Å². The van der Waals surface area contributed by atoms with Crippen LogP contribution in [-0.4, -0.2) is 29.1 Å². The molecular formula is C6H6F5NO3. The van der Waals surface area contributed by atoms with Gasteiger partial charge in [0, 0.05) is 0 Å². The Morgan fingerprint density at radius 3 is 2.00 bits per heavy atom. The van der Waals surface area contributed by atoms with Crippen LogP contribution >= 0.6 is 0 Å². The van der Waals surface area contributed by atoms with Crippen LogP contribution in [0.2, 0.25) is 0 Å². The Morgan fingerprint density at radius 1 is 1.33 bits per heavy atom. The van der Waals surface area contributed by atoms with E-state index in [9.17, 15) is 26.7 Å². The molecule has 15 heavy (non-hydrogen) atoms. The highest BCUT2D eigenvalue weighted by Gasteiger charge is 2.65. The van der Waals surface area contributed by atoms with Gasteiger partial charge in [0.05, 0.1) is 0 Å². The normalized spacial score (nSPS) is 16.7. The van der Waals surface area contributed by atoms with E-state index in [1.54, 1.807) is 0 Å². The number of alkyl halides is 5. The lowest BCUT2D eigenvalue weighted by molar-refractivity contribution is -0.291. The van der Waals surface area contributed by atoms with Gasteiger partial charge in [0.15, 0.2) is 0 Å². The Balaban J connectivity index is 4.81. The lowest BCUT2D eigenvalue weighted by Crippen LogP contribution is -2.51. The Hall–Kier alpha value is -1.22. The molecule has 0 aromatic heterocycles. The van der Waals surface area contributed by atoms with Crippen LogP contribution < -0.4 is 5.73 Å².